The number of rotatable bonds is 6. The Bertz CT molecular complexity index is 3310. The molecule has 10 aromatic carbocycles. The summed E-state index contributed by atoms with van der Waals surface area (Å²) in [6, 6.07) is 82.1. The maximum absolute atomic E-state index is 6.72. The van der Waals surface area contributed by atoms with Crippen molar-refractivity contribution in [3.63, 3.8) is 0 Å². The average Bonchev–Trinajstić information content (AvgIpc) is 3.87. The molecule has 0 unspecified atom stereocenters. The van der Waals surface area contributed by atoms with Crippen molar-refractivity contribution in [2.75, 3.05) is 0 Å². The Morgan fingerprint density at radius 3 is 0.781 bits per heavy atom. The third kappa shape index (κ3) is 5.92. The van der Waals surface area contributed by atoms with Gasteiger partial charge in [0.15, 0.2) is 23.0 Å². The van der Waals surface area contributed by atoms with E-state index in [2.05, 4.69) is 228 Å². The Morgan fingerprint density at radius 1 is 0.219 bits per heavy atom. The first kappa shape index (κ1) is 36.1. The van der Waals surface area contributed by atoms with E-state index in [1.54, 1.807) is 0 Å². The van der Waals surface area contributed by atoms with Crippen molar-refractivity contribution in [3.05, 3.63) is 231 Å². The van der Waals surface area contributed by atoms with Gasteiger partial charge >= 0.3 is 0 Å². The fourth-order valence-corrected chi connectivity index (χ4v) is 9.68. The molecule has 0 amide bonds. The summed E-state index contributed by atoms with van der Waals surface area (Å²) in [4.78, 5) is 0. The van der Waals surface area contributed by atoms with E-state index >= 15 is 0 Å². The standard InChI is InChI=1S/C60H38N2O2/c1-5-13-39(14-6-1)43-21-27-53-49(33-43)50-34-44(40-15-7-2-8-16-40)22-28-54(50)61(53)47-25-31-57-59(37-47)63-58-32-26-48(38-60(58)64-57)62-55-29-23-45(41-17-9-3-10-18-41)35-51(55)52-36-46(24-30-56(52)62)42-19-11-4-12-20-42/h1-38H. The van der Waals surface area contributed by atoms with Crippen molar-refractivity contribution in [1.29, 1.82) is 0 Å². The van der Waals surface area contributed by atoms with Crippen LogP contribution in [0, 0.1) is 0 Å². The highest BCUT2D eigenvalue weighted by molar-refractivity contribution is 6.13. The van der Waals surface area contributed by atoms with Gasteiger partial charge in [-0.3, -0.25) is 0 Å². The van der Waals surface area contributed by atoms with E-state index in [4.69, 9.17) is 9.47 Å². The van der Waals surface area contributed by atoms with Crippen molar-refractivity contribution in [2.24, 2.45) is 0 Å². The van der Waals surface area contributed by atoms with Crippen molar-refractivity contribution in [1.82, 2.24) is 9.13 Å². The maximum Gasteiger partial charge on any atom is 0.172 e. The van der Waals surface area contributed by atoms with Crippen LogP contribution in [0.15, 0.2) is 231 Å². The molecular formula is C60H38N2O2. The van der Waals surface area contributed by atoms with Crippen molar-refractivity contribution < 1.29 is 9.47 Å². The van der Waals surface area contributed by atoms with Crippen LogP contribution in [0.2, 0.25) is 0 Å². The quantitative estimate of drug-likeness (QED) is 0.167. The Balaban J connectivity index is 0.901. The van der Waals surface area contributed by atoms with Crippen LogP contribution in [0.25, 0.3) is 99.5 Å². The second kappa shape index (κ2) is 14.5. The minimum absolute atomic E-state index is 0.674. The van der Waals surface area contributed by atoms with Gasteiger partial charge in [-0.1, -0.05) is 146 Å². The van der Waals surface area contributed by atoms with Gasteiger partial charge in [0.2, 0.25) is 0 Å². The van der Waals surface area contributed by atoms with Gasteiger partial charge in [-0.25, -0.2) is 0 Å². The lowest BCUT2D eigenvalue weighted by molar-refractivity contribution is 0.359. The van der Waals surface area contributed by atoms with E-state index in [-0.39, 0.29) is 0 Å². The van der Waals surface area contributed by atoms with Crippen LogP contribution in [0.5, 0.6) is 23.0 Å². The minimum Gasteiger partial charge on any atom is -0.449 e. The molecule has 13 rings (SSSR count). The third-order valence-electron chi connectivity index (χ3n) is 12.8. The molecule has 0 spiro atoms. The molecular weight excluding hydrogens is 781 g/mol. The molecule has 4 nitrogen and oxygen atoms in total. The van der Waals surface area contributed by atoms with Gasteiger partial charge in [-0.2, -0.15) is 0 Å². The van der Waals surface area contributed by atoms with Crippen LogP contribution in [0.1, 0.15) is 0 Å². The van der Waals surface area contributed by atoms with E-state index < -0.39 is 0 Å². The summed E-state index contributed by atoms with van der Waals surface area (Å²) in [6.07, 6.45) is 0. The van der Waals surface area contributed by atoms with Gasteiger partial charge in [-0.05, 0) is 117 Å². The molecule has 0 saturated heterocycles. The normalized spacial score (nSPS) is 12.0. The summed E-state index contributed by atoms with van der Waals surface area (Å²) in [7, 11) is 0. The lowest BCUT2D eigenvalue weighted by Crippen LogP contribution is -2.02. The zero-order valence-electron chi connectivity index (χ0n) is 34.7. The summed E-state index contributed by atoms with van der Waals surface area (Å²) in [6.45, 7) is 0. The van der Waals surface area contributed by atoms with E-state index in [1.807, 2.05) is 12.1 Å². The Labute approximate surface area is 370 Å². The van der Waals surface area contributed by atoms with Crippen LogP contribution in [0.4, 0.5) is 0 Å². The fraction of sp³-hybridized carbons (Fsp3) is 0. The monoisotopic (exact) mass is 818 g/mol. The molecule has 0 aliphatic carbocycles. The summed E-state index contributed by atoms with van der Waals surface area (Å²) >= 11 is 0. The molecule has 0 fully saturated rings. The lowest BCUT2D eigenvalue weighted by Gasteiger charge is -2.22. The van der Waals surface area contributed by atoms with E-state index in [0.29, 0.717) is 23.0 Å². The molecule has 1 aliphatic rings. The van der Waals surface area contributed by atoms with Gasteiger partial charge in [-0.15, -0.1) is 0 Å². The number of hydrogen-bond acceptors (Lipinski definition) is 2. The number of benzene rings is 10. The second-order valence-electron chi connectivity index (χ2n) is 16.5. The van der Waals surface area contributed by atoms with Gasteiger partial charge in [0, 0.05) is 33.7 Å². The van der Waals surface area contributed by atoms with Crippen LogP contribution >= 0.6 is 0 Å². The minimum atomic E-state index is 0.674. The molecule has 0 bridgehead atoms. The second-order valence-corrected chi connectivity index (χ2v) is 16.5. The summed E-state index contributed by atoms with van der Waals surface area (Å²) in [5, 5.41) is 4.78. The van der Waals surface area contributed by atoms with Crippen molar-refractivity contribution in [2.45, 2.75) is 0 Å². The SMILES string of the molecule is c1ccc(-c2ccc3c(c2)c2cc(-c4ccccc4)ccc2n3-c2ccc3c(c2)Oc2ccc(-n4c5ccc(-c6ccccc6)cc5c5cc(-c6ccccc6)ccc54)cc2O3)cc1. The molecule has 0 N–H and O–H groups in total. The molecule has 2 aromatic heterocycles. The smallest absolute Gasteiger partial charge is 0.172 e. The first-order chi connectivity index (χ1) is 31.7. The van der Waals surface area contributed by atoms with E-state index in [0.717, 1.165) is 33.4 Å². The largest absolute Gasteiger partial charge is 0.449 e. The molecule has 0 atom stereocenters. The van der Waals surface area contributed by atoms with Gasteiger partial charge < -0.3 is 18.6 Å². The molecule has 0 radical (unpaired) electrons. The first-order valence-electron chi connectivity index (χ1n) is 21.7. The third-order valence-corrected chi connectivity index (χ3v) is 12.8. The zero-order chi connectivity index (χ0) is 42.1. The van der Waals surface area contributed by atoms with E-state index in [9.17, 15) is 0 Å². The number of ether oxygens (including phenoxy) is 2. The predicted octanol–water partition coefficient (Wildman–Crippen LogP) is 16.4. The molecule has 3 heterocycles. The fourth-order valence-electron chi connectivity index (χ4n) is 9.68. The first-order valence-corrected chi connectivity index (χ1v) is 21.7. The number of aromatic nitrogens is 2. The van der Waals surface area contributed by atoms with Crippen LogP contribution in [0.3, 0.4) is 0 Å². The highest BCUT2D eigenvalue weighted by Gasteiger charge is 2.23. The van der Waals surface area contributed by atoms with Gasteiger partial charge in [0.05, 0.1) is 33.4 Å². The topological polar surface area (TPSA) is 28.3 Å². The van der Waals surface area contributed by atoms with Crippen LogP contribution < -0.4 is 9.47 Å². The van der Waals surface area contributed by atoms with Gasteiger partial charge in [0.1, 0.15) is 0 Å². The summed E-state index contributed by atoms with van der Waals surface area (Å²) in [5.41, 5.74) is 16.0. The zero-order valence-corrected chi connectivity index (χ0v) is 34.7. The number of nitrogens with zero attached hydrogens (tertiary/aromatic N) is 2. The highest BCUT2D eigenvalue weighted by atomic mass is 16.6. The molecule has 1 aliphatic heterocycles. The van der Waals surface area contributed by atoms with Crippen LogP contribution in [-0.4, -0.2) is 9.13 Å². The van der Waals surface area contributed by atoms with Gasteiger partial charge in [0.25, 0.3) is 0 Å². The van der Waals surface area contributed by atoms with Crippen LogP contribution in [-0.2, 0) is 0 Å². The molecule has 12 aromatic rings. The predicted molar refractivity (Wildman–Crippen MR) is 263 cm³/mol. The number of hydrogen-bond donors (Lipinski definition) is 0. The summed E-state index contributed by atoms with van der Waals surface area (Å²) < 4.78 is 18.1. The molecule has 300 valence electrons. The molecule has 64 heavy (non-hydrogen) atoms. The van der Waals surface area contributed by atoms with E-state index in [1.165, 1.54) is 66.1 Å². The maximum atomic E-state index is 6.72. The summed E-state index contributed by atoms with van der Waals surface area (Å²) in [5.74, 6) is 2.70. The Morgan fingerprint density at radius 2 is 0.500 bits per heavy atom. The molecule has 4 heteroatoms. The highest BCUT2D eigenvalue weighted by Crippen LogP contribution is 2.48. The van der Waals surface area contributed by atoms with Crippen molar-refractivity contribution in [3.8, 4) is 78.9 Å². The number of fused-ring (bicyclic) bond motifs is 8. The van der Waals surface area contributed by atoms with Crippen molar-refractivity contribution >= 4 is 43.6 Å². The Kier molecular flexibility index (Phi) is 8.18. The average molecular weight is 819 g/mol. The lowest BCUT2D eigenvalue weighted by atomic mass is 10.0. The Hall–Kier alpha value is -8.60. The molecule has 0 saturated carbocycles.